The molecule has 2 aliphatic rings. The number of carbonyl (C=O) groups is 3. The first kappa shape index (κ1) is 25.1. The van der Waals surface area contributed by atoms with Gasteiger partial charge in [0, 0.05) is 35.4 Å². The summed E-state index contributed by atoms with van der Waals surface area (Å²) in [4.78, 5) is 39.0. The highest BCUT2D eigenvalue weighted by Gasteiger charge is 2.35. The predicted molar refractivity (Wildman–Crippen MR) is 136 cm³/mol. The van der Waals surface area contributed by atoms with E-state index in [1.807, 2.05) is 29.6 Å². The fraction of sp³-hybridized carbons (Fsp3) is 0.481. The summed E-state index contributed by atoms with van der Waals surface area (Å²) in [6.45, 7) is 1.52. The summed E-state index contributed by atoms with van der Waals surface area (Å²) in [6.07, 6.45) is 7.57. The van der Waals surface area contributed by atoms with E-state index in [1.165, 1.54) is 5.69 Å². The van der Waals surface area contributed by atoms with E-state index in [1.54, 1.807) is 11.3 Å². The number of hydrogen-bond donors (Lipinski definition) is 3. The van der Waals surface area contributed by atoms with Crippen molar-refractivity contribution in [2.24, 2.45) is 5.92 Å². The van der Waals surface area contributed by atoms with Crippen molar-refractivity contribution in [2.45, 2.75) is 63.3 Å². The number of carboxylic acid groups (broad SMARTS) is 1. The van der Waals surface area contributed by atoms with Crippen LogP contribution in [-0.4, -0.2) is 52.8 Å². The van der Waals surface area contributed by atoms with Crippen LogP contribution in [0.25, 0.3) is 0 Å². The lowest BCUT2D eigenvalue weighted by molar-refractivity contribution is -0.433. The number of aryl methyl sites for hydroxylation is 1. The fourth-order valence-electron chi connectivity index (χ4n) is 5.00. The predicted octanol–water partition coefficient (Wildman–Crippen LogP) is 3.85. The average Bonchev–Trinajstić information content (AvgIpc) is 3.48. The average molecular weight is 497 g/mol. The van der Waals surface area contributed by atoms with E-state index in [4.69, 9.17) is 0 Å². The van der Waals surface area contributed by atoms with Crippen LogP contribution in [0.15, 0.2) is 41.8 Å². The van der Waals surface area contributed by atoms with Crippen LogP contribution in [0.5, 0.6) is 0 Å². The van der Waals surface area contributed by atoms with Gasteiger partial charge in [-0.3, -0.25) is 14.4 Å². The first-order valence-corrected chi connectivity index (χ1v) is 13.4. The third-order valence-electron chi connectivity index (χ3n) is 6.86. The van der Waals surface area contributed by atoms with Crippen LogP contribution in [-0.2, 0) is 20.8 Å². The summed E-state index contributed by atoms with van der Waals surface area (Å²) in [5.41, 5.74) is 2.33. The van der Waals surface area contributed by atoms with Crippen LogP contribution in [0.2, 0.25) is 0 Å². The van der Waals surface area contributed by atoms with E-state index >= 15 is 0 Å². The number of amides is 2. The molecule has 0 radical (unpaired) electrons. The molecule has 2 aromatic rings. The number of benzene rings is 1. The highest BCUT2D eigenvalue weighted by Crippen LogP contribution is 2.34. The minimum atomic E-state index is -1.01. The quantitative estimate of drug-likeness (QED) is 0.507. The first-order chi connectivity index (χ1) is 17.0. The summed E-state index contributed by atoms with van der Waals surface area (Å²) in [5.74, 6) is -2.26. The van der Waals surface area contributed by atoms with Crippen molar-refractivity contribution >= 4 is 41.0 Å². The molecule has 1 aromatic heterocycles. The van der Waals surface area contributed by atoms with Crippen LogP contribution in [0, 0.1) is 5.92 Å². The minimum absolute atomic E-state index is 0.00652. The van der Waals surface area contributed by atoms with Crippen molar-refractivity contribution in [2.75, 3.05) is 13.1 Å². The number of nitrogens with one attached hydrogen (secondary N) is 2. The van der Waals surface area contributed by atoms with Crippen molar-refractivity contribution in [1.29, 1.82) is 0 Å². The zero-order valence-corrected chi connectivity index (χ0v) is 20.8. The lowest BCUT2D eigenvalue weighted by Crippen LogP contribution is -2.49. The number of carboxylic acids is 1. The van der Waals surface area contributed by atoms with Gasteiger partial charge >= 0.3 is 5.97 Å². The largest absolute Gasteiger partial charge is 0.481 e. The highest BCUT2D eigenvalue weighted by molar-refractivity contribution is 7.09. The molecule has 0 aliphatic carbocycles. The molecule has 35 heavy (non-hydrogen) atoms. The Morgan fingerprint density at radius 1 is 1.14 bits per heavy atom. The number of fused-ring (bicyclic) bond motifs is 4. The van der Waals surface area contributed by atoms with Gasteiger partial charge < -0.3 is 15.7 Å². The van der Waals surface area contributed by atoms with Gasteiger partial charge in [-0.1, -0.05) is 30.7 Å². The minimum Gasteiger partial charge on any atom is -0.481 e. The van der Waals surface area contributed by atoms with Crippen LogP contribution < -0.4 is 10.6 Å². The Labute approximate surface area is 210 Å². The molecular formula is C27H34N3O4S+. The molecule has 8 heteroatoms. The van der Waals surface area contributed by atoms with E-state index in [0.717, 1.165) is 42.7 Å². The number of hydrogen-bond acceptors (Lipinski definition) is 4. The van der Waals surface area contributed by atoms with Crippen LogP contribution >= 0.6 is 11.3 Å². The maximum absolute atomic E-state index is 13.3. The smallest absolute Gasteiger partial charge is 0.304 e. The molecule has 0 spiro atoms. The third-order valence-corrected chi connectivity index (χ3v) is 7.80. The van der Waals surface area contributed by atoms with Crippen molar-refractivity contribution in [1.82, 2.24) is 10.6 Å². The van der Waals surface area contributed by atoms with Gasteiger partial charge in [0.1, 0.15) is 12.6 Å². The normalized spacial score (nSPS) is 21.4. The summed E-state index contributed by atoms with van der Waals surface area (Å²) >= 11 is 1.60. The molecule has 1 unspecified atom stereocenters. The summed E-state index contributed by atoms with van der Waals surface area (Å²) in [5, 5.41) is 17.3. The van der Waals surface area contributed by atoms with Gasteiger partial charge in [0.25, 0.3) is 0 Å². The number of aliphatic carboxylic acids is 1. The van der Waals surface area contributed by atoms with Gasteiger partial charge in [-0.2, -0.15) is 0 Å². The van der Waals surface area contributed by atoms with Crippen LogP contribution in [0.3, 0.4) is 0 Å². The van der Waals surface area contributed by atoms with E-state index < -0.39 is 17.9 Å². The second-order valence-corrected chi connectivity index (χ2v) is 10.5. The Morgan fingerprint density at radius 3 is 2.77 bits per heavy atom. The molecular weight excluding hydrogens is 462 g/mol. The number of thiophene rings is 1. The van der Waals surface area contributed by atoms with Crippen LogP contribution in [0.4, 0.5) is 5.69 Å². The molecule has 3 heterocycles. The molecule has 1 aromatic carbocycles. The van der Waals surface area contributed by atoms with Gasteiger partial charge in [-0.15, -0.1) is 11.3 Å². The SMILES string of the molecule is O=C(O)C[C@@H](CCc1cccs1)C(=O)N[C@H]1CC2C=[N+](CCCCCCNC1=O)c1ccccc12. The van der Waals surface area contributed by atoms with E-state index in [0.29, 0.717) is 25.8 Å². The zero-order valence-electron chi connectivity index (χ0n) is 19.9. The standard InChI is InChI=1S/C27H33N3O4S/c31-25(32)17-19(11-12-21-8-7-15-35-21)26(33)29-23-16-20-18-30(24-10-4-3-9-22(20)24)14-6-2-1-5-13-28-27(23)34/h3-4,7-10,15,18-20,23H,1-2,5-6,11-14,16-17H2,(H2-,28,29,31,32,33,34)/p+1/t19-,20?,23+/m1/s1. The van der Waals surface area contributed by atoms with Crippen molar-refractivity contribution < 1.29 is 24.1 Å². The van der Waals surface area contributed by atoms with E-state index in [9.17, 15) is 19.5 Å². The Bertz CT molecular complexity index is 1070. The van der Waals surface area contributed by atoms with Gasteiger partial charge in [0.15, 0.2) is 6.21 Å². The second-order valence-electron chi connectivity index (χ2n) is 9.42. The molecule has 2 amide bonds. The molecule has 3 N–H and O–H groups in total. The summed E-state index contributed by atoms with van der Waals surface area (Å²) < 4.78 is 2.28. The first-order valence-electron chi connectivity index (χ1n) is 12.5. The Kier molecular flexibility index (Phi) is 8.69. The van der Waals surface area contributed by atoms with E-state index in [2.05, 4.69) is 33.6 Å². The Balaban J connectivity index is 1.52. The number of nitrogens with zero attached hydrogens (tertiary/aromatic N) is 1. The maximum Gasteiger partial charge on any atom is 0.304 e. The molecule has 4 rings (SSSR count). The van der Waals surface area contributed by atoms with Crippen molar-refractivity contribution in [3.63, 3.8) is 0 Å². The topological polar surface area (TPSA) is 98.5 Å². The van der Waals surface area contributed by atoms with Crippen LogP contribution in [0.1, 0.15) is 61.3 Å². The summed E-state index contributed by atoms with van der Waals surface area (Å²) in [7, 11) is 0. The Morgan fingerprint density at radius 2 is 1.97 bits per heavy atom. The van der Waals surface area contributed by atoms with Gasteiger partial charge in [0.05, 0.1) is 12.3 Å². The molecule has 186 valence electrons. The monoisotopic (exact) mass is 496 g/mol. The molecule has 2 bridgehead atoms. The molecule has 0 fully saturated rings. The molecule has 7 nitrogen and oxygen atoms in total. The lowest BCUT2D eigenvalue weighted by atomic mass is 9.92. The number of carbonyl (C=O) groups excluding carboxylic acids is 2. The zero-order chi connectivity index (χ0) is 24.6. The lowest BCUT2D eigenvalue weighted by Gasteiger charge is -2.23. The fourth-order valence-corrected chi connectivity index (χ4v) is 5.73. The Hall–Kier alpha value is -3.00. The maximum atomic E-state index is 13.3. The van der Waals surface area contributed by atoms with Gasteiger partial charge in [0.2, 0.25) is 17.5 Å². The second kappa shape index (κ2) is 12.1. The summed E-state index contributed by atoms with van der Waals surface area (Å²) in [6, 6.07) is 11.4. The molecule has 0 saturated carbocycles. The molecule has 0 saturated heterocycles. The van der Waals surface area contributed by atoms with E-state index in [-0.39, 0.29) is 24.2 Å². The number of para-hydroxylation sites is 1. The third kappa shape index (κ3) is 6.78. The van der Waals surface area contributed by atoms with Gasteiger partial charge in [-0.05, 0) is 43.6 Å². The number of rotatable bonds is 7. The molecule has 3 atom stereocenters. The molecule has 2 aliphatic heterocycles. The highest BCUT2D eigenvalue weighted by atomic mass is 32.1. The van der Waals surface area contributed by atoms with Crippen molar-refractivity contribution in [3.05, 3.63) is 52.2 Å². The van der Waals surface area contributed by atoms with Gasteiger partial charge in [-0.25, -0.2) is 4.58 Å². The van der Waals surface area contributed by atoms with Crippen molar-refractivity contribution in [3.8, 4) is 0 Å².